The summed E-state index contributed by atoms with van der Waals surface area (Å²) in [7, 11) is -2.99. The summed E-state index contributed by atoms with van der Waals surface area (Å²) in [6.07, 6.45) is 1.44. The van der Waals surface area contributed by atoms with Crippen LogP contribution in [0.1, 0.15) is 19.8 Å². The Morgan fingerprint density at radius 3 is 2.96 bits per heavy atom. The van der Waals surface area contributed by atoms with Crippen molar-refractivity contribution in [2.45, 2.75) is 37.5 Å². The fourth-order valence-corrected chi connectivity index (χ4v) is 5.63. The van der Waals surface area contributed by atoms with Crippen molar-refractivity contribution >= 4 is 50.1 Å². The molecule has 25 heavy (non-hydrogen) atoms. The summed E-state index contributed by atoms with van der Waals surface area (Å²) in [5.74, 6) is 0.228. The Labute approximate surface area is 156 Å². The van der Waals surface area contributed by atoms with E-state index < -0.39 is 9.84 Å². The Morgan fingerprint density at radius 1 is 1.48 bits per heavy atom. The number of rotatable bonds is 6. The summed E-state index contributed by atoms with van der Waals surface area (Å²) >= 11 is 7.39. The van der Waals surface area contributed by atoms with E-state index in [1.165, 1.54) is 11.8 Å². The zero-order valence-corrected chi connectivity index (χ0v) is 16.3. The molecule has 1 fully saturated rings. The van der Waals surface area contributed by atoms with E-state index in [0.717, 1.165) is 29.2 Å². The summed E-state index contributed by atoms with van der Waals surface area (Å²) in [6, 6.07) is 5.32. The van der Waals surface area contributed by atoms with Crippen molar-refractivity contribution in [1.29, 1.82) is 0 Å². The van der Waals surface area contributed by atoms with E-state index in [1.807, 2.05) is 18.2 Å². The van der Waals surface area contributed by atoms with Crippen molar-refractivity contribution in [3.63, 3.8) is 0 Å². The number of thioether (sulfide) groups is 1. The van der Waals surface area contributed by atoms with E-state index in [2.05, 4.69) is 21.8 Å². The normalized spacial score (nSPS) is 19.4. The number of nitrogens with zero attached hydrogens (tertiary/aromatic N) is 2. The molecule has 1 N–H and O–H groups in total. The summed E-state index contributed by atoms with van der Waals surface area (Å²) in [5.41, 5.74) is 1.81. The van der Waals surface area contributed by atoms with Crippen LogP contribution in [0.15, 0.2) is 23.4 Å². The van der Waals surface area contributed by atoms with Crippen LogP contribution in [0.2, 0.25) is 5.02 Å². The highest BCUT2D eigenvalue weighted by Gasteiger charge is 2.28. The van der Waals surface area contributed by atoms with E-state index in [1.54, 1.807) is 0 Å². The largest absolute Gasteiger partial charge is 0.352 e. The fraction of sp³-hybridized carbons (Fsp3) is 0.500. The minimum Gasteiger partial charge on any atom is -0.352 e. The van der Waals surface area contributed by atoms with Gasteiger partial charge in [0.15, 0.2) is 15.0 Å². The molecular formula is C16H20ClN3O3S2. The van der Waals surface area contributed by atoms with Crippen LogP contribution in [-0.4, -0.2) is 47.2 Å². The van der Waals surface area contributed by atoms with Gasteiger partial charge < -0.3 is 9.88 Å². The third-order valence-electron chi connectivity index (χ3n) is 4.05. The summed E-state index contributed by atoms with van der Waals surface area (Å²) < 4.78 is 25.0. The number of hydrogen-bond donors (Lipinski definition) is 1. The van der Waals surface area contributed by atoms with Crippen LogP contribution < -0.4 is 5.32 Å². The monoisotopic (exact) mass is 401 g/mol. The topological polar surface area (TPSA) is 81.1 Å². The highest BCUT2D eigenvalue weighted by molar-refractivity contribution is 7.99. The van der Waals surface area contributed by atoms with Crippen LogP contribution in [0.4, 0.5) is 0 Å². The van der Waals surface area contributed by atoms with E-state index in [0.29, 0.717) is 11.4 Å². The molecule has 3 rings (SSSR count). The average molecular weight is 402 g/mol. The van der Waals surface area contributed by atoms with Gasteiger partial charge in [0.05, 0.1) is 28.3 Å². The van der Waals surface area contributed by atoms with Gasteiger partial charge in [0.2, 0.25) is 5.91 Å². The van der Waals surface area contributed by atoms with Gasteiger partial charge in [-0.1, -0.05) is 30.3 Å². The molecule has 2 aromatic rings. The third-order valence-corrected chi connectivity index (χ3v) is 7.03. The van der Waals surface area contributed by atoms with Crippen molar-refractivity contribution in [3.8, 4) is 0 Å². The van der Waals surface area contributed by atoms with Crippen LogP contribution in [0, 0.1) is 0 Å². The maximum Gasteiger partial charge on any atom is 0.230 e. The Kier molecular flexibility index (Phi) is 5.60. The Hall–Kier alpha value is -1.25. The number of sulfone groups is 1. The molecule has 1 saturated heterocycles. The number of carbonyl (C=O) groups is 1. The average Bonchev–Trinajstić information content (AvgIpc) is 3.05. The summed E-state index contributed by atoms with van der Waals surface area (Å²) in [6.45, 7) is 2.90. The minimum atomic E-state index is -2.99. The van der Waals surface area contributed by atoms with Crippen LogP contribution >= 0.6 is 23.4 Å². The molecule has 1 aliphatic heterocycles. The number of amides is 1. The van der Waals surface area contributed by atoms with Crippen LogP contribution in [0.3, 0.4) is 0 Å². The van der Waals surface area contributed by atoms with Gasteiger partial charge in [-0.15, -0.1) is 0 Å². The van der Waals surface area contributed by atoms with Crippen LogP contribution in [0.25, 0.3) is 11.0 Å². The predicted molar refractivity (Wildman–Crippen MR) is 101 cm³/mol. The first-order chi connectivity index (χ1) is 11.9. The van der Waals surface area contributed by atoms with Gasteiger partial charge in [-0.05, 0) is 31.0 Å². The molecule has 0 radical (unpaired) electrons. The van der Waals surface area contributed by atoms with Gasteiger partial charge in [-0.2, -0.15) is 0 Å². The Morgan fingerprint density at radius 2 is 2.28 bits per heavy atom. The Bertz CT molecular complexity index is 895. The van der Waals surface area contributed by atoms with E-state index in [-0.39, 0.29) is 29.2 Å². The van der Waals surface area contributed by atoms with Crippen molar-refractivity contribution in [2.75, 3.05) is 17.3 Å². The molecule has 1 aromatic heterocycles. The van der Waals surface area contributed by atoms with Crippen molar-refractivity contribution < 1.29 is 13.2 Å². The highest BCUT2D eigenvalue weighted by Crippen LogP contribution is 2.26. The second-order valence-corrected chi connectivity index (χ2v) is 9.74. The lowest BCUT2D eigenvalue weighted by atomic mass is 10.3. The molecule has 1 atom stereocenters. The number of aryl methyl sites for hydroxylation is 1. The molecule has 2 heterocycles. The van der Waals surface area contributed by atoms with E-state index in [9.17, 15) is 13.2 Å². The van der Waals surface area contributed by atoms with Crippen LogP contribution in [-0.2, 0) is 21.2 Å². The lowest BCUT2D eigenvalue weighted by molar-refractivity contribution is -0.119. The molecular weight excluding hydrogens is 382 g/mol. The number of benzene rings is 1. The smallest absolute Gasteiger partial charge is 0.230 e. The fourth-order valence-electron chi connectivity index (χ4n) is 2.94. The molecule has 1 amide bonds. The maximum absolute atomic E-state index is 12.1. The standard InChI is InChI=1S/C16H20ClN3O3S2/c1-2-6-20-14-4-3-11(17)8-13(14)19-16(20)24-9-15(21)18-12-5-7-25(22,23)10-12/h3-4,8,12H,2,5-7,9-10H2,1H3,(H,18,21)/t12-/m0/s1. The lowest BCUT2D eigenvalue weighted by Crippen LogP contribution is -2.36. The summed E-state index contributed by atoms with van der Waals surface area (Å²) in [5, 5.41) is 4.20. The Balaban J connectivity index is 1.68. The molecule has 0 bridgehead atoms. The zero-order chi connectivity index (χ0) is 18.0. The molecule has 0 unspecified atom stereocenters. The maximum atomic E-state index is 12.1. The van der Waals surface area contributed by atoms with Gasteiger partial charge in [-0.25, -0.2) is 13.4 Å². The highest BCUT2D eigenvalue weighted by atomic mass is 35.5. The number of carbonyl (C=O) groups excluding carboxylic acids is 1. The number of nitrogens with one attached hydrogen (secondary N) is 1. The molecule has 0 saturated carbocycles. The first-order valence-corrected chi connectivity index (χ1v) is 11.3. The number of hydrogen-bond acceptors (Lipinski definition) is 5. The van der Waals surface area contributed by atoms with Crippen molar-refractivity contribution in [3.05, 3.63) is 23.2 Å². The number of imidazole rings is 1. The molecule has 9 heteroatoms. The van der Waals surface area contributed by atoms with E-state index in [4.69, 9.17) is 11.6 Å². The second-order valence-electron chi connectivity index (χ2n) is 6.14. The van der Waals surface area contributed by atoms with Gasteiger partial charge in [0, 0.05) is 17.6 Å². The predicted octanol–water partition coefficient (Wildman–Crippen LogP) is 2.50. The van der Waals surface area contributed by atoms with Gasteiger partial charge in [0.1, 0.15) is 0 Å². The van der Waals surface area contributed by atoms with Gasteiger partial charge in [0.25, 0.3) is 0 Å². The molecule has 1 aromatic carbocycles. The molecule has 0 spiro atoms. The van der Waals surface area contributed by atoms with Crippen LogP contribution in [0.5, 0.6) is 0 Å². The zero-order valence-electron chi connectivity index (χ0n) is 13.9. The first kappa shape index (κ1) is 18.5. The van der Waals surface area contributed by atoms with Crippen molar-refractivity contribution in [1.82, 2.24) is 14.9 Å². The molecule has 0 aliphatic carbocycles. The number of aromatic nitrogens is 2. The molecule has 136 valence electrons. The number of fused-ring (bicyclic) bond motifs is 1. The SMILES string of the molecule is CCCn1c(SCC(=O)N[C@H]2CCS(=O)(=O)C2)nc2cc(Cl)ccc21. The molecule has 6 nitrogen and oxygen atoms in total. The van der Waals surface area contributed by atoms with E-state index >= 15 is 0 Å². The quantitative estimate of drug-likeness (QED) is 0.752. The first-order valence-electron chi connectivity index (χ1n) is 8.16. The van der Waals surface area contributed by atoms with Crippen molar-refractivity contribution in [2.24, 2.45) is 0 Å². The number of halogens is 1. The molecule has 1 aliphatic rings. The lowest BCUT2D eigenvalue weighted by Gasteiger charge is -2.11. The third kappa shape index (κ3) is 4.48. The second kappa shape index (κ2) is 7.55. The summed E-state index contributed by atoms with van der Waals surface area (Å²) in [4.78, 5) is 16.7. The van der Waals surface area contributed by atoms with Gasteiger partial charge in [-0.3, -0.25) is 4.79 Å². The van der Waals surface area contributed by atoms with Gasteiger partial charge >= 0.3 is 0 Å². The minimum absolute atomic E-state index is 0.0379.